The third-order valence-electron chi connectivity index (χ3n) is 3.26. The van der Waals surface area contributed by atoms with Crippen LogP contribution in [0.25, 0.3) is 11.4 Å². The van der Waals surface area contributed by atoms with E-state index in [4.69, 9.17) is 0 Å². The van der Waals surface area contributed by atoms with E-state index >= 15 is 0 Å². The van der Waals surface area contributed by atoms with E-state index in [2.05, 4.69) is 51.2 Å². The Hall–Kier alpha value is -2.74. The molecular formula is C18H20N6OS. The summed E-state index contributed by atoms with van der Waals surface area (Å²) in [6.45, 7) is 8.14. The molecule has 0 unspecified atom stereocenters. The second kappa shape index (κ2) is 7.25. The van der Waals surface area contributed by atoms with Crippen LogP contribution in [0.4, 0.5) is 5.82 Å². The molecule has 0 aliphatic heterocycles. The highest BCUT2D eigenvalue weighted by Crippen LogP contribution is 2.30. The van der Waals surface area contributed by atoms with E-state index in [0.717, 1.165) is 16.4 Å². The number of carbonyl (C=O) groups is 1. The highest BCUT2D eigenvalue weighted by Gasteiger charge is 2.15. The standard InChI is InChI=1S/C18H20N6OS/c1-11-21-16(24-23-11)12-5-7-19-14(9-12)22-17(25)13-6-8-20-15(10-13)26-18(2,3)4/h5-10H,1-4H3,(H,19,22,25)(H,21,23,24). The summed E-state index contributed by atoms with van der Waals surface area (Å²) in [5.74, 6) is 1.49. The SMILES string of the molecule is Cc1nc(-c2ccnc(NC(=O)c3ccnc(SC(C)(C)C)c3)c2)n[nH]1. The quantitative estimate of drug-likeness (QED) is 0.682. The molecule has 2 N–H and O–H groups in total. The third kappa shape index (κ3) is 4.66. The van der Waals surface area contributed by atoms with E-state index in [0.29, 0.717) is 17.2 Å². The first-order chi connectivity index (χ1) is 12.3. The number of anilines is 1. The van der Waals surface area contributed by atoms with E-state index in [1.807, 2.05) is 6.92 Å². The number of thioether (sulfide) groups is 1. The second-order valence-corrected chi connectivity index (χ2v) is 8.57. The summed E-state index contributed by atoms with van der Waals surface area (Å²) in [6.07, 6.45) is 3.26. The summed E-state index contributed by atoms with van der Waals surface area (Å²) in [5.41, 5.74) is 1.31. The van der Waals surface area contributed by atoms with Gasteiger partial charge in [0.15, 0.2) is 5.82 Å². The van der Waals surface area contributed by atoms with Crippen molar-refractivity contribution < 1.29 is 4.79 Å². The Morgan fingerprint density at radius 3 is 2.62 bits per heavy atom. The molecule has 0 saturated carbocycles. The summed E-state index contributed by atoms with van der Waals surface area (Å²) in [7, 11) is 0. The fourth-order valence-corrected chi connectivity index (χ4v) is 3.15. The number of amides is 1. The van der Waals surface area contributed by atoms with Crippen LogP contribution in [-0.4, -0.2) is 35.8 Å². The van der Waals surface area contributed by atoms with E-state index in [-0.39, 0.29) is 10.7 Å². The predicted octanol–water partition coefficient (Wildman–Crippen LogP) is 3.71. The Labute approximate surface area is 156 Å². The van der Waals surface area contributed by atoms with Gasteiger partial charge in [-0.15, -0.1) is 11.8 Å². The molecule has 3 heterocycles. The van der Waals surface area contributed by atoms with Crippen molar-refractivity contribution in [1.29, 1.82) is 0 Å². The molecule has 8 heteroatoms. The molecule has 0 spiro atoms. The monoisotopic (exact) mass is 368 g/mol. The van der Waals surface area contributed by atoms with E-state index < -0.39 is 0 Å². The molecular weight excluding hydrogens is 348 g/mol. The highest BCUT2D eigenvalue weighted by molar-refractivity contribution is 8.00. The average molecular weight is 368 g/mol. The number of carbonyl (C=O) groups excluding carboxylic acids is 1. The van der Waals surface area contributed by atoms with Crippen LogP contribution in [0.3, 0.4) is 0 Å². The lowest BCUT2D eigenvalue weighted by Gasteiger charge is -2.16. The second-order valence-electron chi connectivity index (χ2n) is 6.73. The maximum Gasteiger partial charge on any atom is 0.256 e. The lowest BCUT2D eigenvalue weighted by Crippen LogP contribution is -2.14. The van der Waals surface area contributed by atoms with Crippen molar-refractivity contribution in [2.45, 2.75) is 37.5 Å². The van der Waals surface area contributed by atoms with Crippen LogP contribution in [0.1, 0.15) is 37.0 Å². The minimum atomic E-state index is -0.237. The van der Waals surface area contributed by atoms with Crippen molar-refractivity contribution in [3.63, 3.8) is 0 Å². The number of nitrogens with one attached hydrogen (secondary N) is 2. The zero-order chi connectivity index (χ0) is 18.7. The maximum atomic E-state index is 12.6. The summed E-state index contributed by atoms with van der Waals surface area (Å²) in [4.78, 5) is 25.4. The van der Waals surface area contributed by atoms with E-state index in [9.17, 15) is 4.79 Å². The van der Waals surface area contributed by atoms with Crippen molar-refractivity contribution in [2.75, 3.05) is 5.32 Å². The fourth-order valence-electron chi connectivity index (χ4n) is 2.22. The maximum absolute atomic E-state index is 12.6. The molecule has 0 radical (unpaired) electrons. The predicted molar refractivity (Wildman–Crippen MR) is 102 cm³/mol. The minimum absolute atomic E-state index is 0.0205. The van der Waals surface area contributed by atoms with Crippen molar-refractivity contribution in [3.8, 4) is 11.4 Å². The van der Waals surface area contributed by atoms with Gasteiger partial charge in [-0.1, -0.05) is 20.8 Å². The van der Waals surface area contributed by atoms with Gasteiger partial charge in [0.2, 0.25) is 0 Å². The molecule has 0 aromatic carbocycles. The Kier molecular flexibility index (Phi) is 5.03. The van der Waals surface area contributed by atoms with Gasteiger partial charge in [-0.25, -0.2) is 15.0 Å². The normalized spacial score (nSPS) is 11.4. The van der Waals surface area contributed by atoms with Crippen molar-refractivity contribution >= 4 is 23.5 Å². The Bertz CT molecular complexity index is 931. The first-order valence-corrected chi connectivity index (χ1v) is 8.94. The Morgan fingerprint density at radius 1 is 1.15 bits per heavy atom. The van der Waals surface area contributed by atoms with Gasteiger partial charge >= 0.3 is 0 Å². The Morgan fingerprint density at radius 2 is 1.92 bits per heavy atom. The number of pyridine rings is 2. The van der Waals surface area contributed by atoms with Crippen molar-refractivity contribution in [1.82, 2.24) is 25.1 Å². The van der Waals surface area contributed by atoms with Crippen molar-refractivity contribution in [3.05, 3.63) is 48.0 Å². The summed E-state index contributed by atoms with van der Waals surface area (Å²) in [5, 5.41) is 10.5. The van der Waals surface area contributed by atoms with Crippen LogP contribution in [0, 0.1) is 6.92 Å². The molecule has 0 bridgehead atoms. The van der Waals surface area contributed by atoms with Crippen LogP contribution in [0.2, 0.25) is 0 Å². The molecule has 0 saturated heterocycles. The molecule has 1 amide bonds. The van der Waals surface area contributed by atoms with Crippen LogP contribution in [0.15, 0.2) is 41.7 Å². The van der Waals surface area contributed by atoms with Crippen molar-refractivity contribution in [2.24, 2.45) is 0 Å². The van der Waals surface area contributed by atoms with Gasteiger partial charge < -0.3 is 5.32 Å². The number of aryl methyl sites for hydroxylation is 1. The molecule has 3 rings (SSSR count). The lowest BCUT2D eigenvalue weighted by atomic mass is 10.2. The van der Waals surface area contributed by atoms with Gasteiger partial charge in [-0.2, -0.15) is 5.10 Å². The largest absolute Gasteiger partial charge is 0.307 e. The summed E-state index contributed by atoms with van der Waals surface area (Å²) in [6, 6.07) is 7.01. The van der Waals surface area contributed by atoms with Crippen LogP contribution in [-0.2, 0) is 0 Å². The molecule has 0 aliphatic carbocycles. The first-order valence-electron chi connectivity index (χ1n) is 8.12. The zero-order valence-electron chi connectivity index (χ0n) is 15.1. The molecule has 0 atom stereocenters. The van der Waals surface area contributed by atoms with Crippen LogP contribution < -0.4 is 5.32 Å². The number of aromatic nitrogens is 5. The third-order valence-corrected chi connectivity index (χ3v) is 4.31. The molecule has 0 aliphatic rings. The minimum Gasteiger partial charge on any atom is -0.307 e. The molecule has 3 aromatic heterocycles. The molecule has 0 fully saturated rings. The Balaban J connectivity index is 1.77. The molecule has 3 aromatic rings. The van der Waals surface area contributed by atoms with E-state index in [1.165, 1.54) is 0 Å². The van der Waals surface area contributed by atoms with Gasteiger partial charge in [0.05, 0.1) is 5.03 Å². The number of rotatable bonds is 4. The number of aromatic amines is 1. The van der Waals surface area contributed by atoms with Gasteiger partial charge in [-0.05, 0) is 31.2 Å². The highest BCUT2D eigenvalue weighted by atomic mass is 32.2. The van der Waals surface area contributed by atoms with Gasteiger partial charge in [-0.3, -0.25) is 9.89 Å². The molecule has 26 heavy (non-hydrogen) atoms. The first kappa shape index (κ1) is 18.1. The van der Waals surface area contributed by atoms with Gasteiger partial charge in [0.1, 0.15) is 11.6 Å². The average Bonchev–Trinajstić information content (AvgIpc) is 3.00. The van der Waals surface area contributed by atoms with Gasteiger partial charge in [0.25, 0.3) is 5.91 Å². The summed E-state index contributed by atoms with van der Waals surface area (Å²) < 4.78 is 0.0205. The van der Waals surface area contributed by atoms with Gasteiger partial charge in [0, 0.05) is 28.3 Å². The smallest absolute Gasteiger partial charge is 0.256 e. The number of hydrogen-bond donors (Lipinski definition) is 2. The molecule has 7 nitrogen and oxygen atoms in total. The van der Waals surface area contributed by atoms with Crippen LogP contribution in [0.5, 0.6) is 0 Å². The zero-order valence-corrected chi connectivity index (χ0v) is 15.9. The number of H-pyrrole nitrogens is 1. The van der Waals surface area contributed by atoms with Crippen LogP contribution >= 0.6 is 11.8 Å². The number of hydrogen-bond acceptors (Lipinski definition) is 6. The fraction of sp³-hybridized carbons (Fsp3) is 0.278. The van der Waals surface area contributed by atoms with E-state index in [1.54, 1.807) is 48.4 Å². The topological polar surface area (TPSA) is 96.5 Å². The summed E-state index contributed by atoms with van der Waals surface area (Å²) >= 11 is 1.61. The lowest BCUT2D eigenvalue weighted by molar-refractivity contribution is 0.102. The number of nitrogens with zero attached hydrogens (tertiary/aromatic N) is 4. The molecule has 134 valence electrons.